The minimum Gasteiger partial charge on any atom is -0.398 e. The van der Waals surface area contributed by atoms with Gasteiger partial charge in [-0.15, -0.1) is 11.3 Å². The van der Waals surface area contributed by atoms with Gasteiger partial charge in [0.05, 0.1) is 12.2 Å². The van der Waals surface area contributed by atoms with Crippen LogP contribution in [0.15, 0.2) is 17.5 Å². The lowest BCUT2D eigenvalue weighted by molar-refractivity contribution is 0.570. The third-order valence-electron chi connectivity index (χ3n) is 4.11. The maximum atomic E-state index is 6.07. The number of thiazole rings is 1. The van der Waals surface area contributed by atoms with Crippen LogP contribution in [0.25, 0.3) is 0 Å². The SMILES string of the molecule is Cc1cc2c(cc1N)N(Cc1nc(C(C)(C)C)cs1)CC2. The van der Waals surface area contributed by atoms with Crippen LogP contribution in [0.5, 0.6) is 0 Å². The zero-order valence-corrected chi connectivity index (χ0v) is 14.0. The molecule has 0 spiro atoms. The summed E-state index contributed by atoms with van der Waals surface area (Å²) in [6.45, 7) is 10.6. The Hall–Kier alpha value is -1.55. The van der Waals surface area contributed by atoms with Crippen LogP contribution in [-0.2, 0) is 18.4 Å². The fourth-order valence-electron chi connectivity index (χ4n) is 2.70. The lowest BCUT2D eigenvalue weighted by Gasteiger charge is -2.19. The molecule has 1 aliphatic heterocycles. The summed E-state index contributed by atoms with van der Waals surface area (Å²) in [5.41, 5.74) is 12.1. The van der Waals surface area contributed by atoms with E-state index in [1.54, 1.807) is 11.3 Å². The van der Waals surface area contributed by atoms with Crippen LogP contribution in [0.4, 0.5) is 11.4 Å². The number of rotatable bonds is 2. The second-order valence-corrected chi connectivity index (χ2v) is 7.83. The number of benzene rings is 1. The van der Waals surface area contributed by atoms with Crippen molar-refractivity contribution in [1.29, 1.82) is 0 Å². The van der Waals surface area contributed by atoms with E-state index in [0.29, 0.717) is 0 Å². The lowest BCUT2D eigenvalue weighted by atomic mass is 9.93. The molecule has 0 fully saturated rings. The summed E-state index contributed by atoms with van der Waals surface area (Å²) >= 11 is 1.76. The first-order chi connectivity index (χ1) is 9.84. The third-order valence-corrected chi connectivity index (χ3v) is 4.94. The average Bonchev–Trinajstić information content (AvgIpc) is 2.99. The highest BCUT2D eigenvalue weighted by molar-refractivity contribution is 7.09. The number of nitrogen functional groups attached to an aromatic ring is 1. The van der Waals surface area contributed by atoms with Crippen LogP contribution in [0.1, 0.15) is 42.6 Å². The molecular formula is C17H23N3S. The third kappa shape index (κ3) is 2.77. The van der Waals surface area contributed by atoms with E-state index < -0.39 is 0 Å². The molecule has 1 aliphatic rings. The van der Waals surface area contributed by atoms with Gasteiger partial charge in [-0.05, 0) is 30.5 Å². The predicted molar refractivity (Wildman–Crippen MR) is 91.2 cm³/mol. The molecule has 21 heavy (non-hydrogen) atoms. The Morgan fingerprint density at radius 1 is 1.33 bits per heavy atom. The highest BCUT2D eigenvalue weighted by Gasteiger charge is 2.23. The summed E-state index contributed by atoms with van der Waals surface area (Å²) in [7, 11) is 0. The molecule has 0 atom stereocenters. The van der Waals surface area contributed by atoms with E-state index in [2.05, 4.69) is 50.1 Å². The van der Waals surface area contributed by atoms with E-state index in [-0.39, 0.29) is 5.41 Å². The van der Waals surface area contributed by atoms with Crippen molar-refractivity contribution in [2.24, 2.45) is 0 Å². The highest BCUT2D eigenvalue weighted by atomic mass is 32.1. The molecule has 0 aliphatic carbocycles. The van der Waals surface area contributed by atoms with E-state index in [1.165, 1.54) is 27.5 Å². The maximum absolute atomic E-state index is 6.07. The molecule has 1 aromatic carbocycles. The number of anilines is 2. The zero-order valence-electron chi connectivity index (χ0n) is 13.2. The molecule has 1 aromatic heterocycles. The Kier molecular flexibility index (Phi) is 3.44. The molecule has 3 nitrogen and oxygen atoms in total. The summed E-state index contributed by atoms with van der Waals surface area (Å²) in [6.07, 6.45) is 1.11. The number of nitrogens with zero attached hydrogens (tertiary/aromatic N) is 2. The first-order valence-corrected chi connectivity index (χ1v) is 8.31. The minimum absolute atomic E-state index is 0.124. The molecule has 4 heteroatoms. The van der Waals surface area contributed by atoms with Crippen LogP contribution >= 0.6 is 11.3 Å². The van der Waals surface area contributed by atoms with Gasteiger partial charge in [-0.2, -0.15) is 0 Å². The van der Waals surface area contributed by atoms with Gasteiger partial charge in [0, 0.05) is 28.7 Å². The van der Waals surface area contributed by atoms with E-state index in [1.807, 2.05) is 0 Å². The summed E-state index contributed by atoms with van der Waals surface area (Å²) < 4.78 is 0. The van der Waals surface area contributed by atoms with Crippen molar-refractivity contribution in [2.75, 3.05) is 17.2 Å². The first kappa shape index (κ1) is 14.4. The lowest BCUT2D eigenvalue weighted by Crippen LogP contribution is -2.20. The molecule has 0 amide bonds. The number of aryl methyl sites for hydroxylation is 1. The molecule has 0 unspecified atom stereocenters. The monoisotopic (exact) mass is 301 g/mol. The van der Waals surface area contributed by atoms with Crippen LogP contribution in [-0.4, -0.2) is 11.5 Å². The Bertz CT molecular complexity index is 667. The first-order valence-electron chi connectivity index (χ1n) is 7.43. The van der Waals surface area contributed by atoms with Crippen LogP contribution in [0.3, 0.4) is 0 Å². The number of hydrogen-bond acceptors (Lipinski definition) is 4. The number of aromatic nitrogens is 1. The normalized spacial score (nSPS) is 14.6. The molecule has 2 heterocycles. The van der Waals surface area contributed by atoms with Crippen molar-refractivity contribution in [3.05, 3.63) is 39.3 Å². The van der Waals surface area contributed by atoms with Gasteiger partial charge in [0.15, 0.2) is 0 Å². The van der Waals surface area contributed by atoms with Crippen molar-refractivity contribution >= 4 is 22.7 Å². The Morgan fingerprint density at radius 3 is 2.76 bits per heavy atom. The Balaban J connectivity index is 1.82. The second kappa shape index (κ2) is 5.02. The largest absolute Gasteiger partial charge is 0.398 e. The van der Waals surface area contributed by atoms with Gasteiger partial charge in [-0.1, -0.05) is 26.8 Å². The van der Waals surface area contributed by atoms with Crippen molar-refractivity contribution in [1.82, 2.24) is 4.98 Å². The summed E-state index contributed by atoms with van der Waals surface area (Å²) in [5, 5.41) is 3.38. The molecule has 0 saturated carbocycles. The Labute approximate surface area is 130 Å². The molecule has 112 valence electrons. The van der Waals surface area contributed by atoms with E-state index >= 15 is 0 Å². The van der Waals surface area contributed by atoms with Gasteiger partial charge < -0.3 is 10.6 Å². The smallest absolute Gasteiger partial charge is 0.112 e. The number of fused-ring (bicyclic) bond motifs is 1. The van der Waals surface area contributed by atoms with Crippen molar-refractivity contribution in [3.8, 4) is 0 Å². The summed E-state index contributed by atoms with van der Waals surface area (Å²) in [6, 6.07) is 4.35. The Morgan fingerprint density at radius 2 is 2.10 bits per heavy atom. The molecule has 0 saturated heterocycles. The molecule has 3 rings (SSSR count). The van der Waals surface area contributed by atoms with Crippen molar-refractivity contribution < 1.29 is 0 Å². The quantitative estimate of drug-likeness (QED) is 0.856. The minimum atomic E-state index is 0.124. The van der Waals surface area contributed by atoms with Gasteiger partial charge in [0.2, 0.25) is 0 Å². The van der Waals surface area contributed by atoms with Gasteiger partial charge >= 0.3 is 0 Å². The summed E-state index contributed by atoms with van der Waals surface area (Å²) in [5.74, 6) is 0. The molecule has 2 aromatic rings. The van der Waals surface area contributed by atoms with E-state index in [0.717, 1.165) is 25.2 Å². The van der Waals surface area contributed by atoms with E-state index in [4.69, 9.17) is 10.7 Å². The molecule has 0 bridgehead atoms. The fourth-order valence-corrected chi connectivity index (χ4v) is 3.73. The maximum Gasteiger partial charge on any atom is 0.112 e. The van der Waals surface area contributed by atoms with Crippen LogP contribution in [0, 0.1) is 6.92 Å². The number of hydrogen-bond donors (Lipinski definition) is 1. The fraction of sp³-hybridized carbons (Fsp3) is 0.471. The predicted octanol–water partition coefficient (Wildman–Crippen LogP) is 3.89. The highest BCUT2D eigenvalue weighted by Crippen LogP contribution is 2.34. The van der Waals surface area contributed by atoms with Crippen molar-refractivity contribution in [3.63, 3.8) is 0 Å². The zero-order chi connectivity index (χ0) is 15.2. The topological polar surface area (TPSA) is 42.1 Å². The van der Waals surface area contributed by atoms with Crippen molar-refractivity contribution in [2.45, 2.75) is 46.1 Å². The summed E-state index contributed by atoms with van der Waals surface area (Å²) in [4.78, 5) is 7.20. The van der Waals surface area contributed by atoms with Gasteiger partial charge in [0.25, 0.3) is 0 Å². The average molecular weight is 301 g/mol. The van der Waals surface area contributed by atoms with E-state index in [9.17, 15) is 0 Å². The van der Waals surface area contributed by atoms with Gasteiger partial charge in [-0.25, -0.2) is 4.98 Å². The molecule has 2 N–H and O–H groups in total. The second-order valence-electron chi connectivity index (χ2n) is 6.89. The van der Waals surface area contributed by atoms with Crippen LogP contribution in [0.2, 0.25) is 0 Å². The number of nitrogens with two attached hydrogens (primary N) is 1. The van der Waals surface area contributed by atoms with Crippen LogP contribution < -0.4 is 10.6 Å². The molecule has 0 radical (unpaired) electrons. The molecular weight excluding hydrogens is 278 g/mol. The standard InChI is InChI=1S/C17H23N3S/c1-11-7-12-5-6-20(14(12)8-13(11)18)9-16-19-15(10-21-16)17(2,3)4/h7-8,10H,5-6,9,18H2,1-4H3. The van der Waals surface area contributed by atoms with Gasteiger partial charge in [0.1, 0.15) is 5.01 Å². The van der Waals surface area contributed by atoms with Gasteiger partial charge in [-0.3, -0.25) is 0 Å².